The first-order chi connectivity index (χ1) is 40.7. The van der Waals surface area contributed by atoms with Crippen LogP contribution in [0, 0.1) is 48.0 Å². The molecule has 1 amide bonds. The van der Waals surface area contributed by atoms with Crippen molar-refractivity contribution in [2.75, 3.05) is 56.6 Å². The number of ether oxygens (including phenoxy) is 4. The smallest absolute Gasteiger partial charge is 0.341 e. The Kier molecular flexibility index (Phi) is 17.6. The van der Waals surface area contributed by atoms with E-state index >= 15 is 8.78 Å². The number of carbonyl (C=O) groups is 4. The number of rotatable bonds is 8. The number of allylic oxidation sites excluding steroid dienone is 2. The average molecular weight is 1200 g/mol. The Morgan fingerprint density at radius 1 is 0.895 bits per heavy atom. The van der Waals surface area contributed by atoms with E-state index in [9.17, 15) is 59.0 Å². The molecule has 0 spiro atoms. The number of aliphatic hydroxyl groups excluding tert-OH is 2. The zero-order valence-electron chi connectivity index (χ0n) is 48.7. The molecule has 3 aromatic carbocycles. The largest absolute Gasteiger partial charge is 0.507 e. The Morgan fingerprint density at radius 2 is 1.60 bits per heavy atom. The third-order valence-electron chi connectivity index (χ3n) is 17.0. The number of methoxy groups -OCH3 is 1. The number of fused-ring (bicyclic) bond motifs is 15. The van der Waals surface area contributed by atoms with Crippen molar-refractivity contribution >= 4 is 63.2 Å². The minimum atomic E-state index is -2.15. The van der Waals surface area contributed by atoms with Crippen molar-refractivity contribution in [2.45, 2.75) is 98.1 Å². The summed E-state index contributed by atoms with van der Waals surface area (Å²) in [5.74, 6) is -14.1. The molecule has 7 heterocycles. The van der Waals surface area contributed by atoms with Crippen molar-refractivity contribution in [1.82, 2.24) is 19.5 Å². The molecule has 2 saturated heterocycles. The first kappa shape index (κ1) is 62.0. The molecule has 0 saturated carbocycles. The first-order valence-electron chi connectivity index (χ1n) is 28.0. The van der Waals surface area contributed by atoms with Crippen molar-refractivity contribution in [3.63, 3.8) is 0 Å². The van der Waals surface area contributed by atoms with E-state index in [1.165, 1.54) is 59.2 Å². The summed E-state index contributed by atoms with van der Waals surface area (Å²) in [5.41, 5.74) is -3.26. The third-order valence-corrected chi connectivity index (χ3v) is 17.0. The molecule has 10 rings (SSSR count). The van der Waals surface area contributed by atoms with Crippen LogP contribution in [0.5, 0.6) is 23.0 Å². The second-order valence-electron chi connectivity index (χ2n) is 22.5. The lowest BCUT2D eigenvalue weighted by Crippen LogP contribution is -2.49. The van der Waals surface area contributed by atoms with Crippen molar-refractivity contribution < 1.29 is 81.9 Å². The van der Waals surface area contributed by atoms with Gasteiger partial charge in [-0.3, -0.25) is 33.7 Å². The van der Waals surface area contributed by atoms with Gasteiger partial charge in [0.05, 0.1) is 64.1 Å². The van der Waals surface area contributed by atoms with Crippen LogP contribution in [0.1, 0.15) is 86.7 Å². The molecule has 10 atom stereocenters. The Morgan fingerprint density at radius 3 is 2.27 bits per heavy atom. The number of amides is 1. The third kappa shape index (κ3) is 11.5. The van der Waals surface area contributed by atoms with E-state index in [1.807, 2.05) is 0 Å². The van der Waals surface area contributed by atoms with Crippen molar-refractivity contribution in [1.29, 1.82) is 0 Å². The topological polar surface area (TPSA) is 296 Å². The number of halogens is 3. The molecule has 5 aliphatic rings. The van der Waals surface area contributed by atoms with E-state index < -0.39 is 134 Å². The number of anilines is 2. The predicted molar refractivity (Wildman–Crippen MR) is 309 cm³/mol. The number of carbonyl (C=O) groups excluding carboxylic acids is 3. The standard InChI is InChI=1S/C61H68F3N7O15/c1-28-11-10-12-29(2)59(80)66-47-38(25-65-70-20-18-68(19-21-70)36-15-17-69(26-36)58-41(64)24-37-51(76)39(60(81)82)27-71(57(37)67-58)42-14-13-35(62)23-40(42)63)52(77)44-45(53(47)78)50(75)33(6)55-46(44)56(79)61(8,86-55)84-22-16-43(83-9)30(3)54(85-34(7)72)32(5)49(74)31(4)48(28)73/h10-14,16,22-25,27-28,30-32,36,43,48-49,54,73-75,77-78H,15,17-21,26H2,1-9H3,(H,66,80)(H,81,82)/t28-,30+,31+,32+,36?,43-,48-,49+,54+,61-/m0/s1. The molecule has 0 radical (unpaired) electrons. The Balaban J connectivity index is 1.02. The highest BCUT2D eigenvalue weighted by Gasteiger charge is 2.50. The molecule has 25 heteroatoms. The number of ketones is 1. The van der Waals surface area contributed by atoms with Gasteiger partial charge < -0.3 is 59.8 Å². The minimum Gasteiger partial charge on any atom is -0.507 e. The number of aromatic nitrogens is 2. The molecule has 7 N–H and O–H groups in total. The van der Waals surface area contributed by atoms with Crippen LogP contribution in [0.25, 0.3) is 27.5 Å². The summed E-state index contributed by atoms with van der Waals surface area (Å²) in [5, 5.41) is 77.2. The molecular formula is C61H68F3N7O15. The highest BCUT2D eigenvalue weighted by atomic mass is 19.1. The van der Waals surface area contributed by atoms with Gasteiger partial charge in [-0.1, -0.05) is 45.9 Å². The number of nitrogens with zero attached hydrogens (tertiary/aromatic N) is 6. The number of hydrazone groups is 1. The van der Waals surface area contributed by atoms with Crippen LogP contribution < -0.4 is 20.4 Å². The number of nitrogens with one attached hydrogen (secondary N) is 1. The van der Waals surface area contributed by atoms with Gasteiger partial charge in [-0.05, 0) is 44.5 Å². The van der Waals surface area contributed by atoms with Gasteiger partial charge in [-0.25, -0.2) is 22.9 Å². The fraction of sp³-hybridized carbons (Fsp3) is 0.426. The quantitative estimate of drug-likeness (QED) is 0.0364. The van der Waals surface area contributed by atoms with Gasteiger partial charge in [0, 0.05) is 119 Å². The molecule has 5 bridgehead atoms. The van der Waals surface area contributed by atoms with Crippen LogP contribution >= 0.6 is 0 Å². The van der Waals surface area contributed by atoms with Crippen LogP contribution in [0.2, 0.25) is 0 Å². The molecule has 5 aliphatic heterocycles. The maximum atomic E-state index is 16.0. The highest BCUT2D eigenvalue weighted by molar-refractivity contribution is 6.24. The molecule has 2 aromatic heterocycles. The SMILES string of the molecule is CO[C@H]1C=CO[C@@]2(C)Oc3c(C)c(O)c4c(O)c(c(C=NN5CCN(C6CCN(c7nc8c(cc7F)c(=O)c(C(=O)O)cn8-c7ccc(F)cc7F)C6)CC5)c(O)c4c3C2=O)NC(=O)C(C)=CC=C[C@H](C)[C@H](O)[C@@H](C)[C@@H](O)[C@@H](C)[C@H](OC(C)=O)[C@@H]1C. The molecule has 1 unspecified atom stereocenters. The number of aromatic carboxylic acids is 1. The van der Waals surface area contributed by atoms with Gasteiger partial charge in [-0.2, -0.15) is 5.10 Å². The van der Waals surface area contributed by atoms with E-state index in [-0.39, 0.29) is 81.9 Å². The molecule has 22 nitrogen and oxygen atoms in total. The molecule has 0 aliphatic carbocycles. The fourth-order valence-corrected chi connectivity index (χ4v) is 11.9. The molecular weight excluding hydrogens is 1130 g/mol. The minimum absolute atomic E-state index is 0.0227. The number of carboxylic acids is 1. The summed E-state index contributed by atoms with van der Waals surface area (Å²) in [6, 6.07) is 3.27. The van der Waals surface area contributed by atoms with Crippen LogP contribution in [-0.4, -0.2) is 163 Å². The maximum absolute atomic E-state index is 16.0. The van der Waals surface area contributed by atoms with Gasteiger partial charge >= 0.3 is 17.7 Å². The number of phenols is 3. The summed E-state index contributed by atoms with van der Waals surface area (Å²) < 4.78 is 69.9. The van der Waals surface area contributed by atoms with Gasteiger partial charge in [0.2, 0.25) is 5.43 Å². The highest BCUT2D eigenvalue weighted by Crippen LogP contribution is 2.55. The summed E-state index contributed by atoms with van der Waals surface area (Å²) in [4.78, 5) is 74.9. The summed E-state index contributed by atoms with van der Waals surface area (Å²) in [6.07, 6.45) is 5.66. The van der Waals surface area contributed by atoms with E-state index in [2.05, 4.69) is 20.3 Å². The van der Waals surface area contributed by atoms with Crippen molar-refractivity contribution in [3.8, 4) is 28.7 Å². The Bertz CT molecular complexity index is 3750. The fourth-order valence-electron chi connectivity index (χ4n) is 11.9. The number of piperazine rings is 1. The van der Waals surface area contributed by atoms with Crippen LogP contribution in [0.3, 0.4) is 0 Å². The lowest BCUT2D eigenvalue weighted by Gasteiger charge is -2.38. The van der Waals surface area contributed by atoms with Crippen LogP contribution in [0.15, 0.2) is 76.5 Å². The lowest BCUT2D eigenvalue weighted by atomic mass is 9.78. The number of carboxylic acid groups (broad SMARTS) is 1. The van der Waals surface area contributed by atoms with Gasteiger partial charge in [-0.15, -0.1) is 0 Å². The monoisotopic (exact) mass is 1200 g/mol. The number of aromatic hydroxyl groups is 3. The number of hydrogen-bond donors (Lipinski definition) is 7. The van der Waals surface area contributed by atoms with Gasteiger partial charge in [0.25, 0.3) is 11.7 Å². The number of phenolic OH excluding ortho intramolecular Hbond substituents is 3. The molecule has 458 valence electrons. The Labute approximate surface area is 491 Å². The number of esters is 1. The van der Waals surface area contributed by atoms with Gasteiger partial charge in [0.15, 0.2) is 23.0 Å². The second kappa shape index (κ2) is 24.5. The zero-order valence-corrected chi connectivity index (χ0v) is 48.7. The maximum Gasteiger partial charge on any atom is 0.341 e. The second-order valence-corrected chi connectivity index (χ2v) is 22.5. The normalized spacial score (nSPS) is 26.2. The molecule has 86 heavy (non-hydrogen) atoms. The number of aliphatic hydroxyl groups is 2. The number of benzene rings is 3. The number of Topliss-reactive ketones (excluding diaryl/α,β-unsaturated/α-hetero) is 1. The molecule has 2 fully saturated rings. The number of hydrogen-bond acceptors (Lipinski definition) is 19. The van der Waals surface area contributed by atoms with Gasteiger partial charge in [0.1, 0.15) is 40.6 Å². The van der Waals surface area contributed by atoms with E-state index in [0.717, 1.165) is 35.2 Å². The predicted octanol–water partition coefficient (Wildman–Crippen LogP) is 6.80. The zero-order chi connectivity index (χ0) is 62.5. The summed E-state index contributed by atoms with van der Waals surface area (Å²) in [7, 11) is 1.40. The summed E-state index contributed by atoms with van der Waals surface area (Å²) in [6.45, 7) is 14.2. The van der Waals surface area contributed by atoms with Crippen molar-refractivity contribution in [3.05, 3.63) is 117 Å². The number of pyridine rings is 2. The van der Waals surface area contributed by atoms with Crippen molar-refractivity contribution in [2.24, 2.45) is 28.8 Å². The van der Waals surface area contributed by atoms with E-state index in [1.54, 1.807) is 43.7 Å². The van der Waals surface area contributed by atoms with Crippen LogP contribution in [-0.2, 0) is 23.8 Å². The summed E-state index contributed by atoms with van der Waals surface area (Å²) >= 11 is 0. The molecule has 5 aromatic rings. The Hall–Kier alpha value is -8.52. The lowest BCUT2D eigenvalue weighted by molar-refractivity contribution is -0.160. The van der Waals surface area contributed by atoms with E-state index in [0.29, 0.717) is 32.1 Å². The van der Waals surface area contributed by atoms with Crippen LogP contribution in [0.4, 0.5) is 24.7 Å². The first-order valence-corrected chi connectivity index (χ1v) is 28.0. The van der Waals surface area contributed by atoms with E-state index in [4.69, 9.17) is 18.9 Å². The average Bonchev–Trinajstić information content (AvgIpc) is 1.44.